The van der Waals surface area contributed by atoms with Gasteiger partial charge in [0.25, 0.3) is 6.48 Å². The molecule has 0 radical (unpaired) electrons. The molecule has 0 aliphatic rings. The van der Waals surface area contributed by atoms with Crippen molar-refractivity contribution in [2.24, 2.45) is 0 Å². The van der Waals surface area contributed by atoms with E-state index in [0.717, 1.165) is 0 Å². The first kappa shape index (κ1) is 6.80. The van der Waals surface area contributed by atoms with E-state index in [2.05, 4.69) is 9.62 Å². The zero-order valence-electron chi connectivity index (χ0n) is 3.44. The molecule has 44 valence electrons. The van der Waals surface area contributed by atoms with Gasteiger partial charge in [0.05, 0.1) is 0 Å². The quantitative estimate of drug-likeness (QED) is 0.239. The molecule has 3 N–H and O–H groups in total. The Hall–Kier alpha value is -0.200. The van der Waals surface area contributed by atoms with Crippen molar-refractivity contribution in [3.05, 3.63) is 0 Å². The monoisotopic (exact) mass is 110 g/mol. The van der Waals surface area contributed by atoms with Crippen molar-refractivity contribution < 1.29 is 25.1 Å². The highest BCUT2D eigenvalue weighted by Gasteiger charge is 1.91. The van der Waals surface area contributed by atoms with Crippen molar-refractivity contribution in [3.63, 3.8) is 0 Å². The largest absolute Gasteiger partial charge is 0.346 e. The van der Waals surface area contributed by atoms with Gasteiger partial charge in [-0.05, 0) is 0 Å². The first-order chi connectivity index (χ1) is 3.27. The molecule has 0 fully saturated rings. The van der Waals surface area contributed by atoms with E-state index < -0.39 is 13.3 Å². The Bertz CT molecular complexity index is 35.1. The third-order valence-electron chi connectivity index (χ3n) is 0.270. The maximum Gasteiger partial charge on any atom is 0.268 e. The van der Waals surface area contributed by atoms with Crippen LogP contribution in [0.2, 0.25) is 0 Å². The summed E-state index contributed by atoms with van der Waals surface area (Å²) < 4.78 is 3.83. The van der Waals surface area contributed by atoms with E-state index in [4.69, 9.17) is 15.5 Å². The number of hydrogen-bond donors (Lipinski definition) is 3. The van der Waals surface area contributed by atoms with Crippen LogP contribution in [0.4, 0.5) is 0 Å². The van der Waals surface area contributed by atoms with E-state index in [1.807, 2.05) is 0 Å². The summed E-state index contributed by atoms with van der Waals surface area (Å²) >= 11 is 0. The van der Waals surface area contributed by atoms with Crippen LogP contribution >= 0.6 is 0 Å². The zero-order valence-corrected chi connectivity index (χ0v) is 3.44. The van der Waals surface area contributed by atoms with Crippen molar-refractivity contribution in [3.8, 4) is 0 Å². The van der Waals surface area contributed by atoms with Gasteiger partial charge in [0.1, 0.15) is 0 Å². The lowest BCUT2D eigenvalue weighted by atomic mass is 11.2. The molecule has 0 aromatic rings. The predicted octanol–water partition coefficient (Wildman–Crippen LogP) is -1.28. The smallest absolute Gasteiger partial charge is 0.268 e. The van der Waals surface area contributed by atoms with Gasteiger partial charge >= 0.3 is 0 Å². The van der Waals surface area contributed by atoms with Crippen molar-refractivity contribution >= 4 is 0 Å². The summed E-state index contributed by atoms with van der Waals surface area (Å²) in [5, 5.41) is 23.1. The fourth-order valence-corrected chi connectivity index (χ4v) is 0.0913. The van der Waals surface area contributed by atoms with E-state index in [9.17, 15) is 0 Å². The van der Waals surface area contributed by atoms with Crippen molar-refractivity contribution in [2.75, 3.05) is 6.79 Å². The Labute approximate surface area is 39.6 Å². The number of hydrogen-bond acceptors (Lipinski definition) is 5. The Morgan fingerprint density at radius 3 is 2.14 bits per heavy atom. The summed E-state index contributed by atoms with van der Waals surface area (Å²) in [5.74, 6) is 0. The van der Waals surface area contributed by atoms with Gasteiger partial charge in [-0.25, -0.2) is 10.1 Å². The van der Waals surface area contributed by atoms with Gasteiger partial charge in [0, 0.05) is 0 Å². The maximum absolute atomic E-state index is 7.83. The maximum atomic E-state index is 7.83. The Kier molecular flexibility index (Phi) is 3.86. The molecular weight excluding hydrogens is 104 g/mol. The highest BCUT2D eigenvalue weighted by molar-refractivity contribution is 3.97. The van der Waals surface area contributed by atoms with E-state index in [1.54, 1.807) is 0 Å². The Balaban J connectivity index is 2.68. The molecule has 0 saturated carbocycles. The molecule has 0 bridgehead atoms. The van der Waals surface area contributed by atoms with E-state index >= 15 is 0 Å². The molecule has 7 heavy (non-hydrogen) atoms. The normalized spacial score (nSPS) is 10.3. The Morgan fingerprint density at radius 1 is 1.43 bits per heavy atom. The van der Waals surface area contributed by atoms with E-state index in [-0.39, 0.29) is 0 Å². The van der Waals surface area contributed by atoms with E-state index in [1.165, 1.54) is 0 Å². The second-order valence-corrected chi connectivity index (χ2v) is 0.740. The fourth-order valence-electron chi connectivity index (χ4n) is 0.0913. The summed E-state index contributed by atoms with van der Waals surface area (Å²) in [5.41, 5.74) is 0. The lowest BCUT2D eigenvalue weighted by Gasteiger charge is -1.99. The van der Waals surface area contributed by atoms with Gasteiger partial charge in [0.2, 0.25) is 0 Å². The molecule has 5 nitrogen and oxygen atoms in total. The lowest BCUT2D eigenvalue weighted by Crippen LogP contribution is -2.11. The minimum Gasteiger partial charge on any atom is -0.346 e. The van der Waals surface area contributed by atoms with Gasteiger partial charge in [0.15, 0.2) is 6.79 Å². The van der Waals surface area contributed by atoms with Crippen LogP contribution in [0.5, 0.6) is 0 Å². The molecule has 0 aliphatic carbocycles. The second kappa shape index (κ2) is 3.97. The fraction of sp³-hybridized carbons (Fsp3) is 1.00. The molecule has 0 saturated heterocycles. The van der Waals surface area contributed by atoms with Gasteiger partial charge in [-0.15, -0.1) is 0 Å². The third-order valence-corrected chi connectivity index (χ3v) is 0.270. The molecule has 0 aliphatic heterocycles. The topological polar surface area (TPSA) is 79.2 Å². The summed E-state index contributed by atoms with van der Waals surface area (Å²) in [4.78, 5) is 3.31. The van der Waals surface area contributed by atoms with Crippen LogP contribution in [0.3, 0.4) is 0 Å². The molecule has 0 amide bonds. The average molecular weight is 110 g/mol. The van der Waals surface area contributed by atoms with Crippen LogP contribution in [0.25, 0.3) is 0 Å². The molecule has 0 heterocycles. The summed E-state index contributed by atoms with van der Waals surface area (Å²) in [6.07, 6.45) is 0. The van der Waals surface area contributed by atoms with Gasteiger partial charge < -0.3 is 14.9 Å². The zero-order chi connectivity index (χ0) is 5.70. The summed E-state index contributed by atoms with van der Waals surface area (Å²) in [7, 11) is 0. The van der Waals surface area contributed by atoms with Gasteiger partial charge in [-0.1, -0.05) is 0 Å². The average Bonchev–Trinajstić information content (AvgIpc) is 1.61. The summed E-state index contributed by atoms with van der Waals surface area (Å²) in [6, 6.07) is 0. The molecule has 0 unspecified atom stereocenters. The van der Waals surface area contributed by atoms with Crippen LogP contribution in [0, 0.1) is 0 Å². The SMILES string of the molecule is OOCOC(O)O. The van der Waals surface area contributed by atoms with Crippen molar-refractivity contribution in [1.82, 2.24) is 0 Å². The summed E-state index contributed by atoms with van der Waals surface area (Å²) in [6.45, 7) is -2.43. The van der Waals surface area contributed by atoms with Gasteiger partial charge in [-0.2, -0.15) is 0 Å². The molecule has 0 spiro atoms. The highest BCUT2D eigenvalue weighted by atomic mass is 17.1. The first-order valence-corrected chi connectivity index (χ1v) is 1.51. The van der Waals surface area contributed by atoms with Crippen LogP contribution in [-0.2, 0) is 9.62 Å². The molecule has 0 aromatic carbocycles. The number of aliphatic hydroxyl groups is 2. The van der Waals surface area contributed by atoms with Crippen molar-refractivity contribution in [1.29, 1.82) is 0 Å². The van der Waals surface area contributed by atoms with E-state index in [0.29, 0.717) is 0 Å². The minimum absolute atomic E-state index is 0.544. The number of ether oxygens (including phenoxy) is 1. The molecule has 0 rings (SSSR count). The second-order valence-electron chi connectivity index (χ2n) is 0.740. The predicted molar refractivity (Wildman–Crippen MR) is 17.9 cm³/mol. The number of aliphatic hydroxyl groups excluding tert-OH is 1. The molecule has 0 aromatic heterocycles. The first-order valence-electron chi connectivity index (χ1n) is 1.51. The standard InChI is InChI=1S/C2H6O5/c3-2(4)6-1-7-5/h2-5H,1H2. The third kappa shape index (κ3) is 5.80. The lowest BCUT2D eigenvalue weighted by molar-refractivity contribution is -0.351. The van der Waals surface area contributed by atoms with Crippen LogP contribution in [0.1, 0.15) is 0 Å². The van der Waals surface area contributed by atoms with Crippen molar-refractivity contribution in [2.45, 2.75) is 6.48 Å². The van der Waals surface area contributed by atoms with Crippen LogP contribution < -0.4 is 0 Å². The Morgan fingerprint density at radius 2 is 2.00 bits per heavy atom. The molecule has 0 atom stereocenters. The molecular formula is C2H6O5. The highest BCUT2D eigenvalue weighted by Crippen LogP contribution is 1.76. The van der Waals surface area contributed by atoms with Crippen LogP contribution in [0.15, 0.2) is 0 Å². The minimum atomic E-state index is -1.88. The number of rotatable bonds is 3. The van der Waals surface area contributed by atoms with Gasteiger partial charge in [-0.3, -0.25) is 0 Å². The van der Waals surface area contributed by atoms with Crippen LogP contribution in [-0.4, -0.2) is 28.7 Å². The molecule has 5 heteroatoms.